The molecular formula is C63H104O6. The maximum atomic E-state index is 12.8. The van der Waals surface area contributed by atoms with Crippen molar-refractivity contribution in [2.24, 2.45) is 0 Å². The van der Waals surface area contributed by atoms with Crippen LogP contribution in [0.15, 0.2) is 109 Å². The van der Waals surface area contributed by atoms with E-state index in [0.717, 1.165) is 96.3 Å². The third-order valence-corrected chi connectivity index (χ3v) is 11.9. The molecule has 0 spiro atoms. The molecule has 6 heteroatoms. The minimum Gasteiger partial charge on any atom is -0.462 e. The van der Waals surface area contributed by atoms with E-state index in [-0.39, 0.29) is 37.5 Å². The highest BCUT2D eigenvalue weighted by Crippen LogP contribution is 2.16. The van der Waals surface area contributed by atoms with Crippen LogP contribution in [0.5, 0.6) is 0 Å². The molecule has 0 aliphatic heterocycles. The van der Waals surface area contributed by atoms with Crippen LogP contribution in [0.3, 0.4) is 0 Å². The first-order valence-corrected chi connectivity index (χ1v) is 28.5. The summed E-state index contributed by atoms with van der Waals surface area (Å²) in [7, 11) is 0. The Morgan fingerprint density at radius 2 is 0.638 bits per heavy atom. The third-order valence-electron chi connectivity index (χ3n) is 11.9. The highest BCUT2D eigenvalue weighted by atomic mass is 16.6. The molecule has 6 nitrogen and oxygen atoms in total. The zero-order chi connectivity index (χ0) is 50.0. The van der Waals surface area contributed by atoms with E-state index >= 15 is 0 Å². The van der Waals surface area contributed by atoms with Gasteiger partial charge in [0.1, 0.15) is 13.2 Å². The SMILES string of the molecule is CC\C=C/C=C\C=C/C=C\C=C\C=C/CCCCCC(=O)OC(COC(=O)CCCCCCCC/C=C\C/C=C\C/C=C\CC)COC(=O)CCCCCCCCCCCCCCCCCCCC. The van der Waals surface area contributed by atoms with Gasteiger partial charge in [0, 0.05) is 19.3 Å². The maximum Gasteiger partial charge on any atom is 0.306 e. The first-order valence-electron chi connectivity index (χ1n) is 28.5. The lowest BCUT2D eigenvalue weighted by atomic mass is 10.0. The number of unbranched alkanes of at least 4 members (excludes halogenated alkanes) is 26. The Labute approximate surface area is 425 Å². The van der Waals surface area contributed by atoms with E-state index in [1.807, 2.05) is 60.8 Å². The molecule has 392 valence electrons. The van der Waals surface area contributed by atoms with Crippen LogP contribution in [0.2, 0.25) is 0 Å². The first-order chi connectivity index (χ1) is 34.0. The van der Waals surface area contributed by atoms with Gasteiger partial charge in [-0.05, 0) is 70.6 Å². The molecule has 69 heavy (non-hydrogen) atoms. The number of hydrogen-bond acceptors (Lipinski definition) is 6. The summed E-state index contributed by atoms with van der Waals surface area (Å²) in [5.74, 6) is -0.955. The lowest BCUT2D eigenvalue weighted by molar-refractivity contribution is -0.167. The van der Waals surface area contributed by atoms with Crippen LogP contribution < -0.4 is 0 Å². The molecule has 0 bridgehead atoms. The molecule has 0 saturated heterocycles. The molecule has 0 rings (SSSR count). The third kappa shape index (κ3) is 54.9. The van der Waals surface area contributed by atoms with E-state index in [9.17, 15) is 14.4 Å². The van der Waals surface area contributed by atoms with Crippen molar-refractivity contribution in [1.29, 1.82) is 0 Å². The van der Waals surface area contributed by atoms with Crippen LogP contribution in [0.4, 0.5) is 0 Å². The highest BCUT2D eigenvalue weighted by Gasteiger charge is 2.19. The normalized spacial score (nSPS) is 12.9. The van der Waals surface area contributed by atoms with Gasteiger partial charge in [0.15, 0.2) is 6.10 Å². The second-order valence-electron chi connectivity index (χ2n) is 18.6. The predicted octanol–water partition coefficient (Wildman–Crippen LogP) is 19.1. The molecule has 0 radical (unpaired) electrons. The molecule has 0 aliphatic carbocycles. The van der Waals surface area contributed by atoms with Crippen molar-refractivity contribution in [2.45, 2.75) is 258 Å². The van der Waals surface area contributed by atoms with Gasteiger partial charge in [0.2, 0.25) is 0 Å². The topological polar surface area (TPSA) is 78.9 Å². The van der Waals surface area contributed by atoms with Gasteiger partial charge in [-0.25, -0.2) is 0 Å². The van der Waals surface area contributed by atoms with Gasteiger partial charge in [-0.15, -0.1) is 0 Å². The van der Waals surface area contributed by atoms with E-state index in [2.05, 4.69) is 69.4 Å². The molecule has 0 aromatic heterocycles. The number of hydrogen-bond donors (Lipinski definition) is 0. The molecular weight excluding hydrogens is 853 g/mol. The summed E-state index contributed by atoms with van der Waals surface area (Å²) in [6.07, 6.45) is 76.5. The number of esters is 3. The Morgan fingerprint density at radius 3 is 1.07 bits per heavy atom. The zero-order valence-corrected chi connectivity index (χ0v) is 44.8. The van der Waals surface area contributed by atoms with Crippen molar-refractivity contribution >= 4 is 17.9 Å². The van der Waals surface area contributed by atoms with Crippen molar-refractivity contribution in [3.05, 3.63) is 109 Å². The molecule has 1 unspecified atom stereocenters. The standard InChI is InChI=1S/C63H104O6/c1-4-7-10-13-16-19-22-25-28-31-33-35-38-41-44-47-50-53-56-62(65)68-59-60(58-67-61(64)55-52-49-46-43-40-37-34-30-27-24-21-18-15-12-9-6-3)69-63(66)57-54-51-48-45-42-39-36-32-29-26-23-20-17-14-11-8-5-2/h8-9,11-12,14,17-18,20-21,23,26-27,29-30,32,36,39,42,60H,4-7,10,13,15-16,19,22,24-25,28,31,33-35,37-38,40-41,43-59H2,1-3H3/b11-8-,12-9-,17-14-,21-18-,23-20-,29-26-,30-27-,36-32+,42-39-. The van der Waals surface area contributed by atoms with Crippen LogP contribution in [0.25, 0.3) is 0 Å². The molecule has 0 heterocycles. The fourth-order valence-corrected chi connectivity index (χ4v) is 7.72. The van der Waals surface area contributed by atoms with Gasteiger partial charge in [-0.1, -0.05) is 271 Å². The molecule has 0 aromatic rings. The summed E-state index contributed by atoms with van der Waals surface area (Å²) >= 11 is 0. The van der Waals surface area contributed by atoms with E-state index in [4.69, 9.17) is 14.2 Å². The van der Waals surface area contributed by atoms with Crippen molar-refractivity contribution in [3.8, 4) is 0 Å². The van der Waals surface area contributed by atoms with Gasteiger partial charge in [0.05, 0.1) is 0 Å². The lowest BCUT2D eigenvalue weighted by Gasteiger charge is -2.18. The molecule has 0 aliphatic rings. The van der Waals surface area contributed by atoms with Crippen LogP contribution in [-0.2, 0) is 28.6 Å². The summed E-state index contributed by atoms with van der Waals surface area (Å²) in [5, 5.41) is 0. The Morgan fingerprint density at radius 1 is 0.319 bits per heavy atom. The van der Waals surface area contributed by atoms with Gasteiger partial charge in [-0.3, -0.25) is 14.4 Å². The number of ether oxygens (including phenoxy) is 3. The Balaban J connectivity index is 4.48. The van der Waals surface area contributed by atoms with Gasteiger partial charge in [-0.2, -0.15) is 0 Å². The van der Waals surface area contributed by atoms with Gasteiger partial charge < -0.3 is 14.2 Å². The second kappa shape index (κ2) is 56.7. The Kier molecular flexibility index (Phi) is 53.4. The average Bonchev–Trinajstić information content (AvgIpc) is 3.35. The number of carbonyl (C=O) groups excluding carboxylic acids is 3. The van der Waals surface area contributed by atoms with Crippen molar-refractivity contribution < 1.29 is 28.6 Å². The lowest BCUT2D eigenvalue weighted by Crippen LogP contribution is -2.30. The van der Waals surface area contributed by atoms with Crippen molar-refractivity contribution in [2.75, 3.05) is 13.2 Å². The zero-order valence-electron chi connectivity index (χ0n) is 44.8. The summed E-state index contributed by atoms with van der Waals surface area (Å²) in [4.78, 5) is 38.2. The van der Waals surface area contributed by atoms with Crippen molar-refractivity contribution in [3.63, 3.8) is 0 Å². The van der Waals surface area contributed by atoms with E-state index in [1.54, 1.807) is 0 Å². The maximum absolute atomic E-state index is 12.8. The minimum atomic E-state index is -0.808. The molecule has 0 N–H and O–H groups in total. The molecule has 0 saturated carbocycles. The summed E-state index contributed by atoms with van der Waals surface area (Å²) in [6, 6.07) is 0. The predicted molar refractivity (Wildman–Crippen MR) is 297 cm³/mol. The number of rotatable bonds is 50. The number of allylic oxidation sites excluding steroid dienone is 18. The quantitative estimate of drug-likeness (QED) is 0.0199. The molecule has 0 aromatic carbocycles. The Bertz CT molecular complexity index is 1420. The first kappa shape index (κ1) is 65.1. The molecule has 1 atom stereocenters. The molecule has 0 amide bonds. The largest absolute Gasteiger partial charge is 0.462 e. The van der Waals surface area contributed by atoms with Gasteiger partial charge in [0.25, 0.3) is 0 Å². The molecule has 0 fully saturated rings. The van der Waals surface area contributed by atoms with E-state index < -0.39 is 6.10 Å². The average molecular weight is 958 g/mol. The summed E-state index contributed by atoms with van der Waals surface area (Å²) in [5.41, 5.74) is 0. The van der Waals surface area contributed by atoms with Crippen molar-refractivity contribution in [1.82, 2.24) is 0 Å². The van der Waals surface area contributed by atoms with Crippen LogP contribution in [0.1, 0.15) is 252 Å². The van der Waals surface area contributed by atoms with Crippen LogP contribution in [0, 0.1) is 0 Å². The number of carbonyl (C=O) groups is 3. The monoisotopic (exact) mass is 957 g/mol. The summed E-state index contributed by atoms with van der Waals surface area (Å²) < 4.78 is 16.8. The summed E-state index contributed by atoms with van der Waals surface area (Å²) in [6.45, 7) is 6.35. The fourth-order valence-electron chi connectivity index (χ4n) is 7.72. The van der Waals surface area contributed by atoms with E-state index in [0.29, 0.717) is 19.3 Å². The Hall–Kier alpha value is -3.93. The van der Waals surface area contributed by atoms with Crippen LogP contribution >= 0.6 is 0 Å². The van der Waals surface area contributed by atoms with E-state index in [1.165, 1.54) is 109 Å². The highest BCUT2D eigenvalue weighted by molar-refractivity contribution is 5.71. The van der Waals surface area contributed by atoms with Crippen LogP contribution in [-0.4, -0.2) is 37.2 Å². The van der Waals surface area contributed by atoms with Gasteiger partial charge >= 0.3 is 17.9 Å². The second-order valence-corrected chi connectivity index (χ2v) is 18.6. The fraction of sp³-hybridized carbons (Fsp3) is 0.667. The smallest absolute Gasteiger partial charge is 0.306 e. The minimum absolute atomic E-state index is 0.100.